The normalized spacial score (nSPS) is 20.0. The highest BCUT2D eigenvalue weighted by atomic mass is 32.1. The summed E-state index contributed by atoms with van der Waals surface area (Å²) in [4.78, 5) is 4.09. The van der Waals surface area contributed by atoms with Crippen molar-refractivity contribution in [3.05, 3.63) is 70.6 Å². The van der Waals surface area contributed by atoms with Crippen LogP contribution in [-0.4, -0.2) is 24.6 Å². The van der Waals surface area contributed by atoms with Crippen LogP contribution in [-0.2, 0) is 23.3 Å². The van der Waals surface area contributed by atoms with Gasteiger partial charge in [-0.05, 0) is 41.8 Å². The Hall–Kier alpha value is -1.68. The molecule has 0 radical (unpaired) electrons. The summed E-state index contributed by atoms with van der Waals surface area (Å²) in [6.07, 6.45) is 3.29. The fourth-order valence-corrected chi connectivity index (χ4v) is 5.87. The zero-order valence-electron chi connectivity index (χ0n) is 14.4. The Morgan fingerprint density at radius 2 is 1.72 bits per heavy atom. The number of likely N-dealkylation sites (tertiary alicyclic amines) is 1. The fraction of sp³-hybridized carbons (Fsp3) is 0.364. The summed E-state index contributed by atoms with van der Waals surface area (Å²) in [6.45, 7) is 4.15. The van der Waals surface area contributed by atoms with Crippen LogP contribution in [0.15, 0.2) is 54.6 Å². The Balaban J connectivity index is 1.40. The monoisotopic (exact) mass is 349 g/mol. The number of hydrogen-bond donors (Lipinski definition) is 0. The van der Waals surface area contributed by atoms with Crippen molar-refractivity contribution in [3.8, 4) is 0 Å². The first-order valence-electron chi connectivity index (χ1n) is 9.25. The maximum absolute atomic E-state index is 6.44. The first-order chi connectivity index (χ1) is 12.3. The van der Waals surface area contributed by atoms with Crippen LogP contribution >= 0.6 is 11.3 Å². The summed E-state index contributed by atoms with van der Waals surface area (Å²) < 4.78 is 7.87. The predicted octanol–water partition coefficient (Wildman–Crippen LogP) is 4.97. The Bertz CT molecular complexity index is 877. The van der Waals surface area contributed by atoms with E-state index in [1.165, 1.54) is 20.5 Å². The molecule has 1 spiro atoms. The molecule has 1 aromatic heterocycles. The van der Waals surface area contributed by atoms with Crippen LogP contribution in [0.2, 0.25) is 0 Å². The lowest BCUT2D eigenvalue weighted by molar-refractivity contribution is -0.0958. The van der Waals surface area contributed by atoms with Crippen LogP contribution in [0, 0.1) is 0 Å². The number of fused-ring (bicyclic) bond motifs is 4. The molecular weight excluding hydrogens is 326 g/mol. The van der Waals surface area contributed by atoms with E-state index in [2.05, 4.69) is 59.5 Å². The third-order valence-electron chi connectivity index (χ3n) is 5.76. The lowest BCUT2D eigenvalue weighted by Gasteiger charge is -2.43. The van der Waals surface area contributed by atoms with Crippen molar-refractivity contribution < 1.29 is 4.74 Å². The molecule has 2 aliphatic rings. The van der Waals surface area contributed by atoms with Gasteiger partial charge in [-0.25, -0.2) is 0 Å². The molecule has 0 N–H and O–H groups in total. The fourth-order valence-electron chi connectivity index (χ4n) is 4.41. The largest absolute Gasteiger partial charge is 0.369 e. The number of nitrogens with zero attached hydrogens (tertiary/aromatic N) is 1. The zero-order chi connectivity index (χ0) is 16.7. The van der Waals surface area contributed by atoms with E-state index in [9.17, 15) is 0 Å². The molecule has 0 aliphatic carbocycles. The van der Waals surface area contributed by atoms with Crippen LogP contribution in [0.5, 0.6) is 0 Å². The van der Waals surface area contributed by atoms with E-state index < -0.39 is 0 Å². The number of benzene rings is 2. The highest BCUT2D eigenvalue weighted by Crippen LogP contribution is 2.48. The second-order valence-electron chi connectivity index (χ2n) is 7.26. The van der Waals surface area contributed by atoms with Crippen LogP contribution in [0.4, 0.5) is 0 Å². The molecule has 3 heterocycles. The smallest absolute Gasteiger partial charge is 0.105 e. The molecule has 25 heavy (non-hydrogen) atoms. The van der Waals surface area contributed by atoms with Gasteiger partial charge in [0.15, 0.2) is 0 Å². The lowest BCUT2D eigenvalue weighted by atomic mass is 9.84. The van der Waals surface area contributed by atoms with Crippen molar-refractivity contribution in [3.63, 3.8) is 0 Å². The summed E-state index contributed by atoms with van der Waals surface area (Å²) in [6, 6.07) is 19.7. The molecule has 1 saturated heterocycles. The van der Waals surface area contributed by atoms with E-state index in [4.69, 9.17) is 4.74 Å². The summed E-state index contributed by atoms with van der Waals surface area (Å²) in [5.41, 5.74) is 2.93. The Morgan fingerprint density at radius 3 is 2.56 bits per heavy atom. The van der Waals surface area contributed by atoms with Crippen LogP contribution in [0.25, 0.3) is 10.1 Å². The summed E-state index contributed by atoms with van der Waals surface area (Å²) in [7, 11) is 0. The van der Waals surface area contributed by atoms with Gasteiger partial charge >= 0.3 is 0 Å². The molecule has 2 nitrogen and oxygen atoms in total. The minimum absolute atomic E-state index is 0.0372. The van der Waals surface area contributed by atoms with Crippen LogP contribution in [0.1, 0.15) is 28.8 Å². The van der Waals surface area contributed by atoms with Gasteiger partial charge in [0.1, 0.15) is 5.60 Å². The van der Waals surface area contributed by atoms with E-state index >= 15 is 0 Å². The number of rotatable bonds is 2. The number of hydrogen-bond acceptors (Lipinski definition) is 3. The average Bonchev–Trinajstić information content (AvgIpc) is 3.05. The summed E-state index contributed by atoms with van der Waals surface area (Å²) >= 11 is 1.97. The van der Waals surface area contributed by atoms with E-state index in [1.54, 1.807) is 5.56 Å². The molecule has 2 aliphatic heterocycles. The predicted molar refractivity (Wildman–Crippen MR) is 104 cm³/mol. The minimum Gasteiger partial charge on any atom is -0.369 e. The molecule has 3 heteroatoms. The van der Waals surface area contributed by atoms with E-state index in [-0.39, 0.29) is 5.60 Å². The number of piperidine rings is 1. The topological polar surface area (TPSA) is 12.5 Å². The van der Waals surface area contributed by atoms with Crippen molar-refractivity contribution in [2.24, 2.45) is 0 Å². The van der Waals surface area contributed by atoms with E-state index in [1.807, 2.05) is 11.3 Å². The van der Waals surface area contributed by atoms with E-state index in [0.717, 1.165) is 45.5 Å². The highest BCUT2D eigenvalue weighted by molar-refractivity contribution is 7.19. The molecular formula is C22H23NOS. The van der Waals surface area contributed by atoms with Gasteiger partial charge < -0.3 is 4.74 Å². The Labute approximate surface area is 153 Å². The molecule has 1 fully saturated rings. The molecule has 0 amide bonds. The van der Waals surface area contributed by atoms with Crippen LogP contribution in [0.3, 0.4) is 0 Å². The van der Waals surface area contributed by atoms with Crippen molar-refractivity contribution in [1.29, 1.82) is 0 Å². The average molecular weight is 349 g/mol. The van der Waals surface area contributed by atoms with Gasteiger partial charge in [0.2, 0.25) is 0 Å². The molecule has 5 rings (SSSR count). The standard InChI is InChI=1S/C22H23NOS/c1-2-6-17(7-3-1)16-23-13-11-22(12-14-23)21-19(10-15-24-22)18-8-4-5-9-20(18)25-21/h1-9H,10-16H2. The quantitative estimate of drug-likeness (QED) is 0.648. The highest BCUT2D eigenvalue weighted by Gasteiger charge is 2.42. The third-order valence-corrected chi connectivity index (χ3v) is 7.15. The zero-order valence-corrected chi connectivity index (χ0v) is 15.2. The van der Waals surface area contributed by atoms with Crippen molar-refractivity contribution in [2.75, 3.05) is 19.7 Å². The van der Waals surface area contributed by atoms with Gasteiger partial charge in [0, 0.05) is 29.2 Å². The van der Waals surface area contributed by atoms with Gasteiger partial charge in [-0.15, -0.1) is 11.3 Å². The molecule has 0 bridgehead atoms. The van der Waals surface area contributed by atoms with Gasteiger partial charge in [0.25, 0.3) is 0 Å². The van der Waals surface area contributed by atoms with Gasteiger partial charge in [-0.2, -0.15) is 0 Å². The molecule has 128 valence electrons. The summed E-state index contributed by atoms with van der Waals surface area (Å²) in [5, 5.41) is 1.46. The molecule has 2 aromatic carbocycles. The first-order valence-corrected chi connectivity index (χ1v) is 10.1. The number of ether oxygens (including phenoxy) is 1. The summed E-state index contributed by atoms with van der Waals surface area (Å²) in [5.74, 6) is 0. The van der Waals surface area contributed by atoms with Crippen molar-refractivity contribution in [2.45, 2.75) is 31.4 Å². The Kier molecular flexibility index (Phi) is 3.89. The maximum atomic E-state index is 6.44. The van der Waals surface area contributed by atoms with Crippen LogP contribution < -0.4 is 0 Å². The second-order valence-corrected chi connectivity index (χ2v) is 8.31. The second kappa shape index (κ2) is 6.24. The number of thiophene rings is 1. The molecule has 0 atom stereocenters. The first kappa shape index (κ1) is 15.6. The van der Waals surface area contributed by atoms with Gasteiger partial charge in [0.05, 0.1) is 6.61 Å². The Morgan fingerprint density at radius 1 is 0.960 bits per heavy atom. The SMILES string of the molecule is c1ccc(CN2CCC3(CC2)OCCc2c3sc3ccccc23)cc1. The van der Waals surface area contributed by atoms with Crippen molar-refractivity contribution in [1.82, 2.24) is 4.90 Å². The van der Waals surface area contributed by atoms with Crippen molar-refractivity contribution >= 4 is 21.4 Å². The maximum Gasteiger partial charge on any atom is 0.105 e. The molecule has 3 aromatic rings. The van der Waals surface area contributed by atoms with Gasteiger partial charge in [-0.3, -0.25) is 4.90 Å². The minimum atomic E-state index is -0.0372. The van der Waals surface area contributed by atoms with Gasteiger partial charge in [-0.1, -0.05) is 48.5 Å². The molecule has 0 saturated carbocycles. The van der Waals surface area contributed by atoms with E-state index in [0.29, 0.717) is 0 Å². The third kappa shape index (κ3) is 2.71. The lowest BCUT2D eigenvalue weighted by Crippen LogP contribution is -2.45. The molecule has 0 unspecified atom stereocenters.